The standard InChI is InChI=1S/C22H24N2O2/c25-22(18-10-5-2-6-11-18)26-23-19-14-20-12-7-13-21(15-19)24(20)16-17-8-3-1-4-9-17/h1-6,8-11,20-21H,7,12-16H2/t20-,21-/m0/s1. The Labute approximate surface area is 154 Å². The number of fused-ring (bicyclic) bond motifs is 2. The fourth-order valence-electron chi connectivity index (χ4n) is 4.14. The second kappa shape index (κ2) is 7.83. The van der Waals surface area contributed by atoms with Gasteiger partial charge in [0, 0.05) is 31.5 Å². The molecule has 26 heavy (non-hydrogen) atoms. The summed E-state index contributed by atoms with van der Waals surface area (Å²) < 4.78 is 0. The van der Waals surface area contributed by atoms with Gasteiger partial charge in [-0.3, -0.25) is 4.90 Å². The number of hydrogen-bond donors (Lipinski definition) is 0. The number of carbonyl (C=O) groups excluding carboxylic acids is 1. The number of benzene rings is 2. The van der Waals surface area contributed by atoms with Crippen LogP contribution in [0.3, 0.4) is 0 Å². The molecule has 2 aliphatic heterocycles. The molecule has 0 aliphatic carbocycles. The van der Waals surface area contributed by atoms with Gasteiger partial charge >= 0.3 is 5.97 Å². The van der Waals surface area contributed by atoms with Crippen LogP contribution in [0.25, 0.3) is 0 Å². The van der Waals surface area contributed by atoms with Crippen LogP contribution in [0, 0.1) is 0 Å². The first-order chi connectivity index (χ1) is 12.8. The molecule has 0 spiro atoms. The Morgan fingerprint density at radius 3 is 2.23 bits per heavy atom. The largest absolute Gasteiger partial charge is 0.365 e. The van der Waals surface area contributed by atoms with E-state index in [2.05, 4.69) is 40.4 Å². The average molecular weight is 348 g/mol. The van der Waals surface area contributed by atoms with Crippen molar-refractivity contribution in [1.29, 1.82) is 0 Å². The molecule has 2 aliphatic rings. The number of oxime groups is 1. The van der Waals surface area contributed by atoms with Gasteiger partial charge in [-0.15, -0.1) is 0 Å². The highest BCUT2D eigenvalue weighted by molar-refractivity contribution is 5.91. The third-order valence-electron chi connectivity index (χ3n) is 5.43. The van der Waals surface area contributed by atoms with E-state index in [-0.39, 0.29) is 5.97 Å². The Morgan fingerprint density at radius 2 is 1.58 bits per heavy atom. The molecule has 0 radical (unpaired) electrons. The van der Waals surface area contributed by atoms with Crippen LogP contribution < -0.4 is 0 Å². The molecule has 2 aromatic carbocycles. The molecule has 2 atom stereocenters. The van der Waals surface area contributed by atoms with Crippen molar-refractivity contribution in [2.75, 3.05) is 0 Å². The number of rotatable bonds is 4. The van der Waals surface area contributed by atoms with E-state index in [9.17, 15) is 4.79 Å². The van der Waals surface area contributed by atoms with Gasteiger partial charge in [0.05, 0.1) is 11.3 Å². The lowest BCUT2D eigenvalue weighted by Gasteiger charge is -2.46. The molecule has 0 amide bonds. The maximum absolute atomic E-state index is 12.1. The molecule has 2 fully saturated rings. The first-order valence-corrected chi connectivity index (χ1v) is 9.41. The first-order valence-electron chi connectivity index (χ1n) is 9.41. The summed E-state index contributed by atoms with van der Waals surface area (Å²) in [6.07, 6.45) is 5.44. The zero-order valence-electron chi connectivity index (χ0n) is 14.9. The van der Waals surface area contributed by atoms with Crippen LogP contribution in [0.4, 0.5) is 0 Å². The van der Waals surface area contributed by atoms with E-state index in [4.69, 9.17) is 4.84 Å². The molecule has 4 nitrogen and oxygen atoms in total. The normalized spacial score (nSPS) is 22.7. The van der Waals surface area contributed by atoms with Crippen LogP contribution in [-0.4, -0.2) is 28.7 Å². The summed E-state index contributed by atoms with van der Waals surface area (Å²) in [4.78, 5) is 19.9. The maximum atomic E-state index is 12.1. The minimum atomic E-state index is -0.380. The quantitative estimate of drug-likeness (QED) is 0.607. The van der Waals surface area contributed by atoms with Crippen LogP contribution in [0.15, 0.2) is 65.8 Å². The highest BCUT2D eigenvalue weighted by Gasteiger charge is 2.36. The van der Waals surface area contributed by atoms with Gasteiger partial charge in [-0.2, -0.15) is 0 Å². The molecule has 2 bridgehead atoms. The van der Waals surface area contributed by atoms with Gasteiger partial charge in [0.2, 0.25) is 0 Å². The Kier molecular flexibility index (Phi) is 5.12. The molecule has 2 heterocycles. The average Bonchev–Trinajstić information content (AvgIpc) is 2.68. The molecule has 134 valence electrons. The lowest BCUT2D eigenvalue weighted by Crippen LogP contribution is -2.51. The summed E-state index contributed by atoms with van der Waals surface area (Å²) in [5, 5.41) is 4.22. The van der Waals surface area contributed by atoms with Crippen molar-refractivity contribution in [2.24, 2.45) is 5.16 Å². The van der Waals surface area contributed by atoms with Crippen molar-refractivity contribution in [3.05, 3.63) is 71.8 Å². The SMILES string of the molecule is O=C(ON=C1C[C@@H]2CCC[C@@H](C1)N2Cc1ccccc1)c1ccccc1. The zero-order valence-corrected chi connectivity index (χ0v) is 14.9. The molecule has 0 aromatic heterocycles. The van der Waals surface area contributed by atoms with Crippen LogP contribution in [-0.2, 0) is 11.4 Å². The maximum Gasteiger partial charge on any atom is 0.365 e. The fraction of sp³-hybridized carbons (Fsp3) is 0.364. The second-order valence-electron chi connectivity index (χ2n) is 7.21. The van der Waals surface area contributed by atoms with E-state index in [1.54, 1.807) is 12.1 Å². The van der Waals surface area contributed by atoms with Gasteiger partial charge in [0.15, 0.2) is 0 Å². The number of hydrogen-bond acceptors (Lipinski definition) is 4. The first kappa shape index (κ1) is 17.0. The second-order valence-corrected chi connectivity index (χ2v) is 7.21. The van der Waals surface area contributed by atoms with Gasteiger partial charge in [-0.25, -0.2) is 4.79 Å². The summed E-state index contributed by atoms with van der Waals surface area (Å²) in [5.41, 5.74) is 2.92. The Bertz CT molecular complexity index is 757. The molecule has 0 unspecified atom stereocenters. The summed E-state index contributed by atoms with van der Waals surface area (Å²) in [6.45, 7) is 0.993. The highest BCUT2D eigenvalue weighted by Crippen LogP contribution is 2.34. The molecule has 2 saturated heterocycles. The zero-order chi connectivity index (χ0) is 17.8. The van der Waals surface area contributed by atoms with E-state index in [0.717, 1.165) is 25.1 Å². The summed E-state index contributed by atoms with van der Waals surface area (Å²) in [6, 6.07) is 20.7. The Hall–Kier alpha value is -2.46. The predicted octanol–water partition coefficient (Wildman–Crippen LogP) is 4.42. The summed E-state index contributed by atoms with van der Waals surface area (Å²) >= 11 is 0. The lowest BCUT2D eigenvalue weighted by atomic mass is 9.83. The lowest BCUT2D eigenvalue weighted by molar-refractivity contribution is 0.0476. The number of carbonyl (C=O) groups is 1. The molecular weight excluding hydrogens is 324 g/mol. The molecule has 0 saturated carbocycles. The van der Waals surface area contributed by atoms with Crippen molar-refractivity contribution in [2.45, 2.75) is 50.7 Å². The van der Waals surface area contributed by atoms with Gasteiger partial charge in [-0.1, -0.05) is 60.1 Å². The van der Waals surface area contributed by atoms with Gasteiger partial charge in [-0.05, 0) is 30.5 Å². The number of piperidine rings is 2. The smallest absolute Gasteiger partial charge is 0.313 e. The van der Waals surface area contributed by atoms with Crippen LogP contribution >= 0.6 is 0 Å². The fourth-order valence-corrected chi connectivity index (χ4v) is 4.14. The molecule has 4 heteroatoms. The molecule has 2 aromatic rings. The monoisotopic (exact) mass is 348 g/mol. The van der Waals surface area contributed by atoms with E-state index >= 15 is 0 Å². The van der Waals surface area contributed by atoms with Crippen molar-refractivity contribution in [1.82, 2.24) is 4.90 Å². The molecule has 0 N–H and O–H groups in total. The van der Waals surface area contributed by atoms with E-state index in [1.807, 2.05) is 18.2 Å². The van der Waals surface area contributed by atoms with Crippen LogP contribution in [0.1, 0.15) is 48.0 Å². The molecular formula is C22H24N2O2. The van der Waals surface area contributed by atoms with Crippen molar-refractivity contribution in [3.8, 4) is 0 Å². The van der Waals surface area contributed by atoms with Crippen molar-refractivity contribution < 1.29 is 9.63 Å². The minimum Gasteiger partial charge on any atom is -0.313 e. The minimum absolute atomic E-state index is 0.380. The van der Waals surface area contributed by atoms with E-state index < -0.39 is 0 Å². The van der Waals surface area contributed by atoms with E-state index in [0.29, 0.717) is 17.6 Å². The predicted molar refractivity (Wildman–Crippen MR) is 102 cm³/mol. The number of nitrogens with zero attached hydrogens (tertiary/aromatic N) is 2. The van der Waals surface area contributed by atoms with Crippen molar-refractivity contribution in [3.63, 3.8) is 0 Å². The highest BCUT2D eigenvalue weighted by atomic mass is 16.7. The molecule has 4 rings (SSSR count). The summed E-state index contributed by atoms with van der Waals surface area (Å²) in [5.74, 6) is -0.380. The van der Waals surface area contributed by atoms with E-state index in [1.165, 1.54) is 24.8 Å². The topological polar surface area (TPSA) is 41.9 Å². The van der Waals surface area contributed by atoms with Gasteiger partial charge < -0.3 is 4.84 Å². The van der Waals surface area contributed by atoms with Crippen LogP contribution in [0.5, 0.6) is 0 Å². The van der Waals surface area contributed by atoms with Crippen molar-refractivity contribution >= 4 is 11.7 Å². The van der Waals surface area contributed by atoms with Gasteiger partial charge in [0.1, 0.15) is 0 Å². The summed E-state index contributed by atoms with van der Waals surface area (Å²) in [7, 11) is 0. The van der Waals surface area contributed by atoms with Crippen LogP contribution in [0.2, 0.25) is 0 Å². The Balaban J connectivity index is 1.42. The Morgan fingerprint density at radius 1 is 0.962 bits per heavy atom. The third kappa shape index (κ3) is 3.86. The third-order valence-corrected chi connectivity index (χ3v) is 5.43. The van der Waals surface area contributed by atoms with Gasteiger partial charge in [0.25, 0.3) is 0 Å².